The number of hydrogen-bond acceptors (Lipinski definition) is 1. The van der Waals surface area contributed by atoms with Gasteiger partial charge in [0.05, 0.1) is 5.69 Å². The van der Waals surface area contributed by atoms with Crippen molar-refractivity contribution in [3.63, 3.8) is 0 Å². The molecule has 0 spiro atoms. The standard InChI is InChI=1S/C41H27N/c1-2-12-28(13-3-1)30-16-10-17-31(26-30)40-35-19-6-8-21-37(35)41(38-22-9-7-20-36(38)40)32-24-25-39(42-27-32)34-23-11-15-29-14-4-5-18-33(29)34/h1-27H. The van der Waals surface area contributed by atoms with Crippen molar-refractivity contribution >= 4 is 32.3 Å². The van der Waals surface area contributed by atoms with Gasteiger partial charge in [-0.15, -0.1) is 0 Å². The summed E-state index contributed by atoms with van der Waals surface area (Å²) in [5.74, 6) is 0. The van der Waals surface area contributed by atoms with E-state index in [1.165, 1.54) is 60.1 Å². The Balaban J connectivity index is 1.33. The molecule has 1 nitrogen and oxygen atoms in total. The molecular weight excluding hydrogens is 506 g/mol. The second-order valence-electron chi connectivity index (χ2n) is 10.7. The normalized spacial score (nSPS) is 11.3. The quantitative estimate of drug-likeness (QED) is 0.205. The predicted molar refractivity (Wildman–Crippen MR) is 178 cm³/mol. The van der Waals surface area contributed by atoms with E-state index in [4.69, 9.17) is 4.98 Å². The largest absolute Gasteiger partial charge is 0.256 e. The van der Waals surface area contributed by atoms with Crippen LogP contribution in [-0.2, 0) is 0 Å². The number of nitrogens with zero attached hydrogens (tertiary/aromatic N) is 1. The molecule has 0 aliphatic carbocycles. The van der Waals surface area contributed by atoms with Crippen LogP contribution in [0.4, 0.5) is 0 Å². The highest BCUT2D eigenvalue weighted by molar-refractivity contribution is 6.21. The summed E-state index contributed by atoms with van der Waals surface area (Å²) in [7, 11) is 0. The van der Waals surface area contributed by atoms with Gasteiger partial charge in [0.25, 0.3) is 0 Å². The summed E-state index contributed by atoms with van der Waals surface area (Å²) < 4.78 is 0. The van der Waals surface area contributed by atoms with Crippen LogP contribution < -0.4 is 0 Å². The van der Waals surface area contributed by atoms with Crippen LogP contribution >= 0.6 is 0 Å². The van der Waals surface area contributed by atoms with Crippen molar-refractivity contribution in [1.29, 1.82) is 0 Å². The average molecular weight is 534 g/mol. The molecule has 196 valence electrons. The molecule has 7 aromatic carbocycles. The number of benzene rings is 7. The van der Waals surface area contributed by atoms with E-state index < -0.39 is 0 Å². The maximum absolute atomic E-state index is 5.01. The summed E-state index contributed by atoms with van der Waals surface area (Å²) in [5, 5.41) is 7.40. The third kappa shape index (κ3) is 4.06. The molecule has 8 rings (SSSR count). The van der Waals surface area contributed by atoms with Crippen molar-refractivity contribution in [2.45, 2.75) is 0 Å². The Labute approximate surface area is 245 Å². The lowest BCUT2D eigenvalue weighted by Gasteiger charge is -2.18. The lowest BCUT2D eigenvalue weighted by atomic mass is 9.85. The fourth-order valence-corrected chi connectivity index (χ4v) is 6.39. The van der Waals surface area contributed by atoms with Crippen molar-refractivity contribution in [3.8, 4) is 44.6 Å². The van der Waals surface area contributed by atoms with Crippen LogP contribution in [0.3, 0.4) is 0 Å². The maximum atomic E-state index is 5.01. The molecule has 42 heavy (non-hydrogen) atoms. The van der Waals surface area contributed by atoms with Crippen LogP contribution in [-0.4, -0.2) is 4.98 Å². The zero-order chi connectivity index (χ0) is 27.9. The molecule has 0 atom stereocenters. The van der Waals surface area contributed by atoms with Gasteiger partial charge in [0, 0.05) is 17.3 Å². The Bertz CT molecular complexity index is 2170. The topological polar surface area (TPSA) is 12.9 Å². The third-order valence-electron chi connectivity index (χ3n) is 8.31. The van der Waals surface area contributed by atoms with E-state index in [1.807, 2.05) is 6.20 Å². The average Bonchev–Trinajstić information content (AvgIpc) is 3.07. The zero-order valence-corrected chi connectivity index (χ0v) is 23.0. The van der Waals surface area contributed by atoms with E-state index in [2.05, 4.69) is 158 Å². The molecule has 0 aliphatic heterocycles. The predicted octanol–water partition coefficient (Wildman–Crippen LogP) is 11.2. The number of fused-ring (bicyclic) bond motifs is 3. The van der Waals surface area contributed by atoms with Crippen LogP contribution in [0.25, 0.3) is 77.0 Å². The molecular formula is C41H27N. The SMILES string of the molecule is c1ccc(-c2cccc(-c3c4ccccc4c(-c4ccc(-c5cccc6ccccc56)nc4)c4ccccc34)c2)cc1. The fourth-order valence-electron chi connectivity index (χ4n) is 6.39. The van der Waals surface area contributed by atoms with Crippen LogP contribution in [0.1, 0.15) is 0 Å². The molecule has 0 bridgehead atoms. The molecule has 1 aromatic heterocycles. The molecule has 0 saturated carbocycles. The van der Waals surface area contributed by atoms with Crippen LogP contribution in [0.15, 0.2) is 164 Å². The number of rotatable bonds is 4. The highest BCUT2D eigenvalue weighted by atomic mass is 14.7. The Morgan fingerprint density at radius 2 is 0.857 bits per heavy atom. The van der Waals surface area contributed by atoms with Crippen molar-refractivity contribution in [2.75, 3.05) is 0 Å². The number of aromatic nitrogens is 1. The van der Waals surface area contributed by atoms with Gasteiger partial charge in [-0.25, -0.2) is 0 Å². The lowest BCUT2D eigenvalue weighted by molar-refractivity contribution is 1.34. The van der Waals surface area contributed by atoms with Crippen molar-refractivity contribution in [2.24, 2.45) is 0 Å². The van der Waals surface area contributed by atoms with Crippen LogP contribution in [0.2, 0.25) is 0 Å². The minimum atomic E-state index is 0.985. The Morgan fingerprint density at radius 3 is 1.52 bits per heavy atom. The lowest BCUT2D eigenvalue weighted by Crippen LogP contribution is -1.92. The minimum Gasteiger partial charge on any atom is -0.256 e. The van der Waals surface area contributed by atoms with Crippen LogP contribution in [0.5, 0.6) is 0 Å². The van der Waals surface area contributed by atoms with E-state index in [9.17, 15) is 0 Å². The van der Waals surface area contributed by atoms with E-state index in [-0.39, 0.29) is 0 Å². The summed E-state index contributed by atoms with van der Waals surface area (Å²) in [5.41, 5.74) is 9.42. The summed E-state index contributed by atoms with van der Waals surface area (Å²) in [6.45, 7) is 0. The summed E-state index contributed by atoms with van der Waals surface area (Å²) in [4.78, 5) is 5.01. The molecule has 0 saturated heterocycles. The Morgan fingerprint density at radius 1 is 0.333 bits per heavy atom. The van der Waals surface area contributed by atoms with Gasteiger partial charge in [-0.3, -0.25) is 4.98 Å². The summed E-state index contributed by atoms with van der Waals surface area (Å²) >= 11 is 0. The van der Waals surface area contributed by atoms with Gasteiger partial charge < -0.3 is 0 Å². The van der Waals surface area contributed by atoms with E-state index in [1.54, 1.807) is 0 Å². The Hall–Kier alpha value is -5.53. The molecule has 0 amide bonds. The van der Waals surface area contributed by atoms with Gasteiger partial charge in [-0.1, -0.05) is 146 Å². The summed E-state index contributed by atoms with van der Waals surface area (Å²) in [6.07, 6.45) is 2.04. The minimum absolute atomic E-state index is 0.985. The molecule has 1 heterocycles. The van der Waals surface area contributed by atoms with Gasteiger partial charge >= 0.3 is 0 Å². The first-order valence-corrected chi connectivity index (χ1v) is 14.4. The zero-order valence-electron chi connectivity index (χ0n) is 23.0. The number of pyridine rings is 1. The molecule has 8 aromatic rings. The van der Waals surface area contributed by atoms with E-state index in [0.717, 1.165) is 16.8 Å². The van der Waals surface area contributed by atoms with Gasteiger partial charge in [0.1, 0.15) is 0 Å². The highest BCUT2D eigenvalue weighted by Gasteiger charge is 2.17. The Kier molecular flexibility index (Phi) is 5.86. The molecule has 0 aliphatic rings. The molecule has 0 fully saturated rings. The monoisotopic (exact) mass is 533 g/mol. The molecule has 0 radical (unpaired) electrons. The molecule has 0 N–H and O–H groups in total. The van der Waals surface area contributed by atoms with Crippen molar-refractivity contribution in [3.05, 3.63) is 164 Å². The second kappa shape index (κ2) is 10.1. The van der Waals surface area contributed by atoms with E-state index >= 15 is 0 Å². The molecule has 1 heteroatoms. The molecule has 0 unspecified atom stereocenters. The van der Waals surface area contributed by atoms with E-state index in [0.29, 0.717) is 0 Å². The van der Waals surface area contributed by atoms with Crippen molar-refractivity contribution < 1.29 is 0 Å². The van der Waals surface area contributed by atoms with Gasteiger partial charge in [-0.05, 0) is 72.3 Å². The van der Waals surface area contributed by atoms with Crippen LogP contribution in [0, 0.1) is 0 Å². The van der Waals surface area contributed by atoms with Gasteiger partial charge in [-0.2, -0.15) is 0 Å². The summed E-state index contributed by atoms with van der Waals surface area (Å²) in [6, 6.07) is 56.5. The van der Waals surface area contributed by atoms with Gasteiger partial charge in [0.2, 0.25) is 0 Å². The fraction of sp³-hybridized carbons (Fsp3) is 0. The first-order valence-electron chi connectivity index (χ1n) is 14.4. The number of hydrogen-bond donors (Lipinski definition) is 0. The first-order chi connectivity index (χ1) is 20.8. The highest BCUT2D eigenvalue weighted by Crippen LogP contribution is 2.44. The third-order valence-corrected chi connectivity index (χ3v) is 8.31. The van der Waals surface area contributed by atoms with Gasteiger partial charge in [0.15, 0.2) is 0 Å². The first kappa shape index (κ1) is 24.3. The van der Waals surface area contributed by atoms with Crippen molar-refractivity contribution in [1.82, 2.24) is 4.98 Å². The smallest absolute Gasteiger partial charge is 0.0708 e. The maximum Gasteiger partial charge on any atom is 0.0708 e. The second-order valence-corrected chi connectivity index (χ2v) is 10.7.